The van der Waals surface area contributed by atoms with Crippen LogP contribution in [-0.4, -0.2) is 20.7 Å². The second kappa shape index (κ2) is 7.61. The van der Waals surface area contributed by atoms with Gasteiger partial charge in [-0.15, -0.1) is 32.9 Å². The van der Waals surface area contributed by atoms with E-state index in [9.17, 15) is 4.79 Å². The summed E-state index contributed by atoms with van der Waals surface area (Å²) in [5.74, 6) is 0.406. The van der Waals surface area contributed by atoms with Gasteiger partial charge in [-0.05, 0) is 61.7 Å². The topological polar surface area (TPSA) is 70.2 Å². The summed E-state index contributed by atoms with van der Waals surface area (Å²) in [5, 5.41) is 11.0. The number of carbonyl (C=O) groups is 1. The van der Waals surface area contributed by atoms with Gasteiger partial charge in [-0.3, -0.25) is 0 Å². The van der Waals surface area contributed by atoms with Crippen molar-refractivity contribution in [2.45, 2.75) is 38.7 Å². The summed E-state index contributed by atoms with van der Waals surface area (Å²) in [6.45, 7) is 1.76. The lowest BCUT2D eigenvalue weighted by molar-refractivity contribution is 0.0279. The van der Waals surface area contributed by atoms with Crippen LogP contribution >= 0.6 is 22.7 Å². The fourth-order valence-electron chi connectivity index (χ4n) is 3.58. The summed E-state index contributed by atoms with van der Waals surface area (Å²) in [6, 6.07) is 7.76. The van der Waals surface area contributed by atoms with Gasteiger partial charge < -0.3 is 13.7 Å². The molecule has 0 spiro atoms. The molecule has 4 aromatic rings. The molecule has 29 heavy (non-hydrogen) atoms. The number of esters is 1. The Morgan fingerprint density at radius 1 is 1.21 bits per heavy atom. The van der Waals surface area contributed by atoms with Gasteiger partial charge in [-0.2, -0.15) is 0 Å². The molecule has 1 atom stereocenters. The lowest BCUT2D eigenvalue weighted by Crippen LogP contribution is -2.14. The molecular formula is C21H19N3O3S2. The van der Waals surface area contributed by atoms with Crippen molar-refractivity contribution in [1.29, 1.82) is 0 Å². The number of nitrogens with zero attached hydrogens (tertiary/aromatic N) is 3. The normalized spacial score (nSPS) is 14.5. The largest absolute Gasteiger partial charge is 0.449 e. The van der Waals surface area contributed by atoms with Gasteiger partial charge in [0, 0.05) is 17.3 Å². The van der Waals surface area contributed by atoms with E-state index in [0.29, 0.717) is 17.3 Å². The quantitative estimate of drug-likeness (QED) is 0.398. The fourth-order valence-corrected chi connectivity index (χ4v) is 5.57. The van der Waals surface area contributed by atoms with Crippen molar-refractivity contribution in [3.05, 3.63) is 63.9 Å². The van der Waals surface area contributed by atoms with Crippen LogP contribution in [0, 0.1) is 0 Å². The van der Waals surface area contributed by atoms with Crippen molar-refractivity contribution in [1.82, 2.24) is 14.8 Å². The first-order valence-corrected chi connectivity index (χ1v) is 11.3. The first kappa shape index (κ1) is 18.3. The fraction of sp³-hybridized carbons (Fsp3) is 0.286. The maximum atomic E-state index is 13.2. The summed E-state index contributed by atoms with van der Waals surface area (Å²) < 4.78 is 13.5. The second-order valence-electron chi connectivity index (χ2n) is 6.95. The Labute approximate surface area is 175 Å². The van der Waals surface area contributed by atoms with Crippen molar-refractivity contribution in [2.75, 3.05) is 0 Å². The first-order valence-electron chi connectivity index (χ1n) is 9.57. The van der Waals surface area contributed by atoms with Gasteiger partial charge >= 0.3 is 5.97 Å². The summed E-state index contributed by atoms with van der Waals surface area (Å²) in [7, 11) is 0. The Hall–Kier alpha value is -2.71. The molecule has 0 bridgehead atoms. The van der Waals surface area contributed by atoms with Gasteiger partial charge in [0.2, 0.25) is 0 Å². The van der Waals surface area contributed by atoms with E-state index in [4.69, 9.17) is 9.15 Å². The van der Waals surface area contributed by atoms with E-state index in [-0.39, 0.29) is 5.97 Å². The van der Waals surface area contributed by atoms with Gasteiger partial charge in [0.15, 0.2) is 6.10 Å². The molecular weight excluding hydrogens is 406 g/mol. The average Bonchev–Trinajstić information content (AvgIpc) is 3.53. The minimum absolute atomic E-state index is 0.299. The zero-order valence-corrected chi connectivity index (χ0v) is 17.5. The van der Waals surface area contributed by atoms with Crippen LogP contribution in [0.15, 0.2) is 46.5 Å². The van der Waals surface area contributed by atoms with Crippen LogP contribution in [0.5, 0.6) is 0 Å². The Bertz CT molecular complexity index is 1130. The van der Waals surface area contributed by atoms with E-state index < -0.39 is 6.10 Å². The summed E-state index contributed by atoms with van der Waals surface area (Å²) in [4.78, 5) is 15.4. The average molecular weight is 426 g/mol. The van der Waals surface area contributed by atoms with Crippen LogP contribution in [0.2, 0.25) is 0 Å². The molecule has 1 unspecified atom stereocenters. The number of ether oxygens (including phenoxy) is 1. The number of rotatable bonds is 5. The van der Waals surface area contributed by atoms with E-state index in [1.807, 2.05) is 46.6 Å². The van der Waals surface area contributed by atoms with Crippen LogP contribution in [-0.2, 0) is 17.6 Å². The highest BCUT2D eigenvalue weighted by atomic mass is 32.1. The zero-order valence-electron chi connectivity index (χ0n) is 15.8. The molecule has 6 nitrogen and oxygen atoms in total. The van der Waals surface area contributed by atoms with Crippen molar-refractivity contribution in [3.63, 3.8) is 0 Å². The number of carbonyl (C=O) groups excluding carboxylic acids is 1. The molecule has 5 rings (SSSR count). The maximum absolute atomic E-state index is 13.2. The van der Waals surface area contributed by atoms with E-state index >= 15 is 0 Å². The van der Waals surface area contributed by atoms with Crippen molar-refractivity contribution >= 4 is 28.6 Å². The molecule has 0 saturated carbocycles. The third kappa shape index (κ3) is 3.42. The van der Waals surface area contributed by atoms with Gasteiger partial charge in [0.05, 0.1) is 10.4 Å². The molecule has 8 heteroatoms. The maximum Gasteiger partial charge on any atom is 0.342 e. The van der Waals surface area contributed by atoms with Crippen LogP contribution in [0.4, 0.5) is 0 Å². The third-order valence-electron chi connectivity index (χ3n) is 5.00. The molecule has 0 fully saturated rings. The molecule has 0 N–H and O–H groups in total. The molecule has 0 aromatic carbocycles. The van der Waals surface area contributed by atoms with E-state index in [1.165, 1.54) is 16.2 Å². The van der Waals surface area contributed by atoms with Crippen molar-refractivity contribution < 1.29 is 13.9 Å². The number of hydrogen-bond acceptors (Lipinski definition) is 7. The Morgan fingerprint density at radius 2 is 2.03 bits per heavy atom. The molecule has 0 radical (unpaired) electrons. The zero-order chi connectivity index (χ0) is 19.8. The number of fused-ring (bicyclic) bond motifs is 1. The molecule has 0 aliphatic heterocycles. The molecule has 4 aromatic heterocycles. The minimum atomic E-state index is -0.625. The summed E-state index contributed by atoms with van der Waals surface area (Å²) in [6.07, 6.45) is 7.49. The van der Waals surface area contributed by atoms with Crippen LogP contribution < -0.4 is 0 Å². The Balaban J connectivity index is 1.43. The monoisotopic (exact) mass is 425 g/mol. The molecule has 0 saturated heterocycles. The Kier molecular flexibility index (Phi) is 4.81. The number of aromatic nitrogens is 3. The molecule has 148 valence electrons. The SMILES string of the molecule is CC(OC(=O)c1c(-n2cccc2)sc2c1CCCC2)c1nnc(-c2cccs2)o1. The lowest BCUT2D eigenvalue weighted by Gasteiger charge is -2.14. The van der Waals surface area contributed by atoms with Crippen LogP contribution in [0.3, 0.4) is 0 Å². The third-order valence-corrected chi connectivity index (χ3v) is 7.16. The highest BCUT2D eigenvalue weighted by Gasteiger charge is 2.29. The highest BCUT2D eigenvalue weighted by molar-refractivity contribution is 7.15. The summed E-state index contributed by atoms with van der Waals surface area (Å²) >= 11 is 3.21. The standard InChI is InChI=1S/C21H19N3O3S2/c1-13(18-22-23-19(27-18)16-9-6-12-28-16)26-21(25)17-14-7-2-3-8-15(14)29-20(17)24-10-4-5-11-24/h4-6,9-13H,2-3,7-8H2,1H3. The van der Waals surface area contributed by atoms with Crippen molar-refractivity contribution in [2.24, 2.45) is 0 Å². The van der Waals surface area contributed by atoms with Gasteiger partial charge in [-0.25, -0.2) is 4.79 Å². The molecule has 0 amide bonds. The van der Waals surface area contributed by atoms with E-state index in [2.05, 4.69) is 10.2 Å². The number of aryl methyl sites for hydroxylation is 1. The highest BCUT2D eigenvalue weighted by Crippen LogP contribution is 2.38. The molecule has 1 aliphatic carbocycles. The Morgan fingerprint density at radius 3 is 2.83 bits per heavy atom. The van der Waals surface area contributed by atoms with E-state index in [0.717, 1.165) is 41.1 Å². The first-order chi connectivity index (χ1) is 14.2. The van der Waals surface area contributed by atoms with Gasteiger partial charge in [0.1, 0.15) is 5.00 Å². The second-order valence-corrected chi connectivity index (χ2v) is 8.98. The predicted molar refractivity (Wildman–Crippen MR) is 112 cm³/mol. The molecule has 1 aliphatic rings. The lowest BCUT2D eigenvalue weighted by atomic mass is 9.95. The van der Waals surface area contributed by atoms with Crippen molar-refractivity contribution in [3.8, 4) is 15.8 Å². The van der Waals surface area contributed by atoms with Gasteiger partial charge in [0.25, 0.3) is 11.8 Å². The number of thiophene rings is 2. The summed E-state index contributed by atoms with van der Waals surface area (Å²) in [5.41, 5.74) is 1.80. The minimum Gasteiger partial charge on any atom is -0.449 e. The molecule has 4 heterocycles. The number of hydrogen-bond donors (Lipinski definition) is 0. The van der Waals surface area contributed by atoms with E-state index in [1.54, 1.807) is 18.3 Å². The predicted octanol–water partition coefficient (Wildman–Crippen LogP) is 5.45. The van der Waals surface area contributed by atoms with Crippen LogP contribution in [0.1, 0.15) is 52.6 Å². The van der Waals surface area contributed by atoms with Crippen LogP contribution in [0.25, 0.3) is 15.8 Å². The smallest absolute Gasteiger partial charge is 0.342 e. The van der Waals surface area contributed by atoms with Gasteiger partial charge in [-0.1, -0.05) is 6.07 Å².